The number of para-hydroxylation sites is 1. The summed E-state index contributed by atoms with van der Waals surface area (Å²) in [6.07, 6.45) is 7.32. The molecular formula is C39H56N6O8S. The summed E-state index contributed by atoms with van der Waals surface area (Å²) < 4.78 is 49.2. The summed E-state index contributed by atoms with van der Waals surface area (Å²) in [6, 6.07) is 11.8. The molecule has 3 N–H and O–H groups in total. The lowest BCUT2D eigenvalue weighted by Gasteiger charge is -2.34. The van der Waals surface area contributed by atoms with Crippen LogP contribution < -0.4 is 14.8 Å². The molecule has 14 nitrogen and oxygen atoms in total. The number of hydrogen-bond acceptors (Lipinski definition) is 9. The van der Waals surface area contributed by atoms with Gasteiger partial charge in [-0.05, 0) is 75.5 Å². The molecule has 2 aliphatic heterocycles. The average Bonchev–Trinajstić information content (AvgIpc) is 3.47. The molecule has 3 aliphatic rings. The van der Waals surface area contributed by atoms with Crippen molar-refractivity contribution in [2.24, 2.45) is 0 Å². The number of aromatic nitrogens is 1. The molecule has 2 fully saturated rings. The van der Waals surface area contributed by atoms with Gasteiger partial charge < -0.3 is 29.2 Å². The van der Waals surface area contributed by atoms with E-state index in [0.29, 0.717) is 25.6 Å². The number of rotatable bonds is 14. The van der Waals surface area contributed by atoms with E-state index in [1.165, 1.54) is 52.5 Å². The molecule has 3 aromatic rings. The fourth-order valence-corrected chi connectivity index (χ4v) is 9.09. The molecule has 1 saturated carbocycles. The Morgan fingerprint density at radius 2 is 1.74 bits per heavy atom. The van der Waals surface area contributed by atoms with Gasteiger partial charge in [-0.3, -0.25) is 14.6 Å². The van der Waals surface area contributed by atoms with E-state index >= 15 is 0 Å². The van der Waals surface area contributed by atoms with Crippen molar-refractivity contribution in [2.45, 2.75) is 82.7 Å². The van der Waals surface area contributed by atoms with E-state index in [2.05, 4.69) is 42.6 Å². The molecule has 6 rings (SSSR count). The Labute approximate surface area is 318 Å². The van der Waals surface area contributed by atoms with Crippen molar-refractivity contribution in [1.82, 2.24) is 28.7 Å². The number of amides is 2. The summed E-state index contributed by atoms with van der Waals surface area (Å²) in [4.78, 5) is 29.7. The third-order valence-electron chi connectivity index (χ3n) is 11.3. The molecule has 0 radical (unpaired) electrons. The smallest absolute Gasteiger partial charge is 0.404 e. The van der Waals surface area contributed by atoms with E-state index in [1.54, 1.807) is 6.07 Å². The van der Waals surface area contributed by atoms with Crippen LogP contribution in [0.25, 0.3) is 22.2 Å². The number of carboxylic acid groups (broad SMARTS) is 1. The Kier molecular flexibility index (Phi) is 13.2. The molecule has 1 aliphatic carbocycles. The van der Waals surface area contributed by atoms with Crippen LogP contribution in [0.4, 0.5) is 4.79 Å². The van der Waals surface area contributed by atoms with Gasteiger partial charge in [-0.15, -0.1) is 0 Å². The van der Waals surface area contributed by atoms with E-state index in [0.717, 1.165) is 83.1 Å². The van der Waals surface area contributed by atoms with E-state index in [-0.39, 0.29) is 24.7 Å². The van der Waals surface area contributed by atoms with E-state index < -0.39 is 28.5 Å². The molecule has 1 aromatic heterocycles. The van der Waals surface area contributed by atoms with Crippen molar-refractivity contribution >= 4 is 33.1 Å². The van der Waals surface area contributed by atoms with Gasteiger partial charge in [0, 0.05) is 75.0 Å². The lowest BCUT2D eigenvalue weighted by atomic mass is 9.81. The number of likely N-dealkylation sites (tertiary alicyclic amines) is 1. The zero-order chi connectivity index (χ0) is 38.4. The largest absolute Gasteiger partial charge is 0.491 e. The van der Waals surface area contributed by atoms with Crippen molar-refractivity contribution in [3.05, 3.63) is 53.1 Å². The first-order valence-corrected chi connectivity index (χ1v) is 20.6. The van der Waals surface area contributed by atoms with Crippen LogP contribution in [0, 0.1) is 0 Å². The summed E-state index contributed by atoms with van der Waals surface area (Å²) in [5.41, 5.74) is 5.54. The molecule has 0 unspecified atom stereocenters. The second-order valence-corrected chi connectivity index (χ2v) is 16.6. The average molecular weight is 769 g/mol. The molecule has 54 heavy (non-hydrogen) atoms. The quantitative estimate of drug-likeness (QED) is 0.195. The van der Waals surface area contributed by atoms with Crippen LogP contribution in [0.2, 0.25) is 0 Å². The number of carbonyl (C=O) groups is 2. The number of fused-ring (bicyclic) bond motifs is 5. The zero-order valence-corrected chi connectivity index (χ0v) is 32.8. The van der Waals surface area contributed by atoms with Gasteiger partial charge in [0.1, 0.15) is 12.4 Å². The number of ether oxygens (including phenoxy) is 3. The van der Waals surface area contributed by atoms with Gasteiger partial charge in [-0.1, -0.05) is 43.9 Å². The highest BCUT2D eigenvalue weighted by molar-refractivity contribution is 7.87. The molecule has 15 heteroatoms. The van der Waals surface area contributed by atoms with Gasteiger partial charge in [-0.2, -0.15) is 12.7 Å². The van der Waals surface area contributed by atoms with E-state index in [1.807, 2.05) is 19.2 Å². The van der Waals surface area contributed by atoms with Crippen LogP contribution in [0.15, 0.2) is 36.4 Å². The molecule has 0 spiro atoms. The predicted octanol–water partition coefficient (Wildman–Crippen LogP) is 4.83. The molecule has 2 amide bonds. The fourth-order valence-electron chi connectivity index (χ4n) is 8.27. The minimum Gasteiger partial charge on any atom is -0.491 e. The van der Waals surface area contributed by atoms with Crippen LogP contribution in [0.1, 0.15) is 78.8 Å². The third-order valence-corrected chi connectivity index (χ3v) is 12.7. The topological polar surface area (TPSA) is 155 Å². The van der Waals surface area contributed by atoms with Crippen molar-refractivity contribution in [3.63, 3.8) is 0 Å². The molecule has 1 saturated heterocycles. The maximum absolute atomic E-state index is 13.7. The van der Waals surface area contributed by atoms with Crippen LogP contribution in [0.5, 0.6) is 5.75 Å². The first-order chi connectivity index (χ1) is 26.0. The second kappa shape index (κ2) is 17.8. The highest BCUT2D eigenvalue weighted by atomic mass is 32.2. The number of likely N-dealkylation sites (N-methyl/N-ethyl adjacent to an activating group) is 2. The lowest BCUT2D eigenvalue weighted by molar-refractivity contribution is -0.106. The minimum atomic E-state index is -4.22. The highest BCUT2D eigenvalue weighted by Gasteiger charge is 2.33. The predicted molar refractivity (Wildman–Crippen MR) is 207 cm³/mol. The monoisotopic (exact) mass is 768 g/mol. The van der Waals surface area contributed by atoms with Gasteiger partial charge in [0.15, 0.2) is 6.29 Å². The van der Waals surface area contributed by atoms with Gasteiger partial charge in [-0.25, -0.2) is 9.52 Å². The Bertz CT molecular complexity index is 1880. The van der Waals surface area contributed by atoms with Crippen molar-refractivity contribution in [3.8, 4) is 17.0 Å². The minimum absolute atomic E-state index is 0.107. The Hall–Kier alpha value is -3.73. The molecule has 1 atom stereocenters. The molecular weight excluding hydrogens is 713 g/mol. The van der Waals surface area contributed by atoms with Crippen LogP contribution in [-0.2, 0) is 32.8 Å². The summed E-state index contributed by atoms with van der Waals surface area (Å²) in [7, 11) is 1.96. The van der Waals surface area contributed by atoms with Crippen LogP contribution in [0.3, 0.4) is 0 Å². The summed E-state index contributed by atoms with van der Waals surface area (Å²) in [6.45, 7) is 4.40. The number of hydrogen-bond donors (Lipinski definition) is 3. The maximum Gasteiger partial charge on any atom is 0.404 e. The van der Waals surface area contributed by atoms with E-state index in [9.17, 15) is 23.1 Å². The fraction of sp³-hybridized carbons (Fsp3) is 0.590. The maximum atomic E-state index is 13.7. The second-order valence-electron chi connectivity index (χ2n) is 14.9. The van der Waals surface area contributed by atoms with Crippen molar-refractivity contribution < 1.29 is 37.3 Å². The molecule has 3 heterocycles. The number of piperidine rings is 1. The number of nitrogens with zero attached hydrogens (tertiary/aromatic N) is 4. The number of carbonyl (C=O) groups excluding carboxylic acids is 1. The Morgan fingerprint density at radius 1 is 1.02 bits per heavy atom. The zero-order valence-electron chi connectivity index (χ0n) is 32.0. The summed E-state index contributed by atoms with van der Waals surface area (Å²) >= 11 is 0. The summed E-state index contributed by atoms with van der Waals surface area (Å²) in [5, 5.41) is 12.8. The standard InChI is InChI=1S/C39H56N6O8S/c1-42(21-18-40-39(47)48)30-24-45-33-22-28(38(46)41-54(49,50)43(2)25-34(51-3)52-4)16-17-31(33)35(27-12-7-5-8-13-27)36(45)32-15-11-14-29(37(32)53-26-30)23-44-19-9-6-10-20-44/h11,14-17,22,27,30,34,40H,5-10,12-13,18-21,23-26H2,1-4H3,(H,41,46)(H,47,48)/t30-/m1/s1. The molecule has 0 bridgehead atoms. The first kappa shape index (κ1) is 39.9. The highest BCUT2D eigenvalue weighted by Crippen LogP contribution is 2.48. The normalized spacial score (nSPS) is 18.6. The first-order valence-electron chi connectivity index (χ1n) is 19.1. The Morgan fingerprint density at radius 3 is 2.44 bits per heavy atom. The van der Waals surface area contributed by atoms with Gasteiger partial charge in [0.05, 0.1) is 18.3 Å². The van der Waals surface area contributed by atoms with Gasteiger partial charge in [0.2, 0.25) is 0 Å². The molecule has 2 aromatic carbocycles. The third kappa shape index (κ3) is 9.03. The SMILES string of the molecule is COC(CN(C)S(=O)(=O)NC(=O)c1ccc2c(C3CCCCC3)c3n(c2c1)C[C@@H](N(C)CCNC(=O)O)COc1c(CN2CCCCC2)cccc1-3)OC. The number of nitrogens with one attached hydrogen (secondary N) is 2. The van der Waals surface area contributed by atoms with Crippen molar-refractivity contribution in [1.29, 1.82) is 0 Å². The number of benzene rings is 2. The lowest BCUT2D eigenvalue weighted by Crippen LogP contribution is -2.45. The van der Waals surface area contributed by atoms with Crippen LogP contribution >= 0.6 is 0 Å². The molecule has 296 valence electrons. The van der Waals surface area contributed by atoms with E-state index in [4.69, 9.17) is 14.2 Å². The number of methoxy groups -OCH3 is 2. The van der Waals surface area contributed by atoms with Crippen LogP contribution in [-0.4, -0.2) is 124 Å². The van der Waals surface area contributed by atoms with Crippen molar-refractivity contribution in [2.75, 3.05) is 67.6 Å². The Balaban J connectivity index is 1.47. The van der Waals surface area contributed by atoms with Gasteiger partial charge in [0.25, 0.3) is 5.91 Å². The van der Waals surface area contributed by atoms with Gasteiger partial charge >= 0.3 is 16.3 Å². The summed E-state index contributed by atoms with van der Waals surface area (Å²) in [5.74, 6) is 0.426.